The minimum Gasteiger partial charge on any atom is -0.480 e. The van der Waals surface area contributed by atoms with E-state index < -0.39 is 0 Å². The molecule has 3 heterocycles. The first-order valence-electron chi connectivity index (χ1n) is 6.54. The van der Waals surface area contributed by atoms with Crippen LogP contribution in [0.4, 0.5) is 0 Å². The van der Waals surface area contributed by atoms with E-state index in [9.17, 15) is 0 Å². The third-order valence-electron chi connectivity index (χ3n) is 3.47. The van der Waals surface area contributed by atoms with Crippen molar-refractivity contribution in [1.29, 1.82) is 0 Å². The van der Waals surface area contributed by atoms with E-state index in [1.807, 2.05) is 0 Å². The van der Waals surface area contributed by atoms with Gasteiger partial charge in [0.15, 0.2) is 5.82 Å². The summed E-state index contributed by atoms with van der Waals surface area (Å²) in [6.07, 6.45) is 5.52. The lowest BCUT2D eigenvalue weighted by Crippen LogP contribution is -2.02. The van der Waals surface area contributed by atoms with Gasteiger partial charge in [-0.15, -0.1) is 0 Å². The van der Waals surface area contributed by atoms with Gasteiger partial charge >= 0.3 is 0 Å². The number of ether oxygens (including phenoxy) is 1. The third kappa shape index (κ3) is 2.13. The minimum atomic E-state index is 0.458. The first-order valence-corrected chi connectivity index (χ1v) is 7.61. The monoisotopic (exact) mass is 394 g/mol. The van der Waals surface area contributed by atoms with Crippen molar-refractivity contribution in [2.45, 2.75) is 18.8 Å². The number of hydrogen-bond donors (Lipinski definition) is 1. The summed E-state index contributed by atoms with van der Waals surface area (Å²) in [5.74, 6) is 1.56. The lowest BCUT2D eigenvalue weighted by molar-refractivity contribution is 0.397. The largest absolute Gasteiger partial charge is 0.480 e. The summed E-state index contributed by atoms with van der Waals surface area (Å²) in [6, 6.07) is 0. The second-order valence-electron chi connectivity index (χ2n) is 4.88. The Hall–Kier alpha value is -1.84. The lowest BCUT2D eigenvalue weighted by Gasteiger charge is -2.10. The Morgan fingerprint density at radius 3 is 2.90 bits per heavy atom. The zero-order valence-corrected chi connectivity index (χ0v) is 13.3. The summed E-state index contributed by atoms with van der Waals surface area (Å²) >= 11 is 2.17. The van der Waals surface area contributed by atoms with Crippen molar-refractivity contribution in [3.63, 3.8) is 0 Å². The normalized spacial score (nSPS) is 14.6. The number of halogens is 1. The number of nitrogens with one attached hydrogen (secondary N) is 1. The van der Waals surface area contributed by atoms with E-state index in [2.05, 4.69) is 52.7 Å². The Kier molecular flexibility index (Phi) is 2.98. The van der Waals surface area contributed by atoms with E-state index in [-0.39, 0.29) is 0 Å². The molecule has 1 fully saturated rings. The van der Waals surface area contributed by atoms with Crippen molar-refractivity contribution in [3.05, 3.63) is 21.9 Å². The van der Waals surface area contributed by atoms with Crippen molar-refractivity contribution >= 4 is 33.6 Å². The van der Waals surface area contributed by atoms with Gasteiger partial charge in [0, 0.05) is 5.92 Å². The molecule has 3 aromatic heterocycles. The molecule has 0 aliphatic heterocycles. The molecule has 21 heavy (non-hydrogen) atoms. The van der Waals surface area contributed by atoms with Gasteiger partial charge in [0.25, 0.3) is 0 Å². The topological polar surface area (TPSA) is 89.5 Å². The van der Waals surface area contributed by atoms with Crippen molar-refractivity contribution in [3.8, 4) is 17.3 Å². The Bertz CT molecular complexity index is 829. The fourth-order valence-electron chi connectivity index (χ4n) is 2.31. The van der Waals surface area contributed by atoms with E-state index in [1.54, 1.807) is 13.3 Å². The highest BCUT2D eigenvalue weighted by atomic mass is 127. The molecule has 106 valence electrons. The van der Waals surface area contributed by atoms with Crippen LogP contribution in [0.2, 0.25) is 0 Å². The van der Waals surface area contributed by atoms with Gasteiger partial charge in [-0.2, -0.15) is 5.10 Å². The maximum Gasteiger partial charge on any atom is 0.227 e. The van der Waals surface area contributed by atoms with Crippen molar-refractivity contribution in [2.75, 3.05) is 7.11 Å². The van der Waals surface area contributed by atoms with Gasteiger partial charge in [0.2, 0.25) is 5.88 Å². The summed E-state index contributed by atoms with van der Waals surface area (Å²) in [5.41, 5.74) is 3.31. The van der Waals surface area contributed by atoms with Crippen LogP contribution in [0.15, 0.2) is 12.5 Å². The molecule has 3 aromatic rings. The van der Waals surface area contributed by atoms with Crippen LogP contribution in [0, 0.1) is 3.70 Å². The van der Waals surface area contributed by atoms with E-state index in [1.165, 1.54) is 6.33 Å². The first-order chi connectivity index (χ1) is 10.3. The van der Waals surface area contributed by atoms with Crippen molar-refractivity contribution in [2.24, 2.45) is 0 Å². The molecule has 0 atom stereocenters. The number of rotatable bonds is 3. The lowest BCUT2D eigenvalue weighted by atomic mass is 10.1. The molecule has 0 spiro atoms. The molecule has 0 bridgehead atoms. The van der Waals surface area contributed by atoms with Crippen LogP contribution in [-0.4, -0.2) is 37.2 Å². The van der Waals surface area contributed by atoms with Gasteiger partial charge in [-0.3, -0.25) is 5.10 Å². The maximum atomic E-state index is 5.39. The standard InChI is InChI=1S/C13H11IN6O/c1-21-13-8(9(6-2-3-6)16-5-17-13)12-15-4-7-10(18-12)11(14)20-19-7/h4-6H,2-3H2,1H3,(H,19,20). The average molecular weight is 394 g/mol. The summed E-state index contributed by atoms with van der Waals surface area (Å²) in [7, 11) is 1.60. The minimum absolute atomic E-state index is 0.458. The highest BCUT2D eigenvalue weighted by Crippen LogP contribution is 2.44. The number of H-pyrrole nitrogens is 1. The molecule has 0 amide bonds. The van der Waals surface area contributed by atoms with Crippen LogP contribution in [0.25, 0.3) is 22.4 Å². The summed E-state index contributed by atoms with van der Waals surface area (Å²) in [6.45, 7) is 0. The fourth-order valence-corrected chi connectivity index (χ4v) is 2.83. The SMILES string of the molecule is COc1ncnc(C2CC2)c1-c1ncc2n[nH]c(I)c2n1. The molecule has 1 aliphatic carbocycles. The Morgan fingerprint density at radius 2 is 2.14 bits per heavy atom. The van der Waals surface area contributed by atoms with E-state index >= 15 is 0 Å². The van der Waals surface area contributed by atoms with Crippen molar-refractivity contribution in [1.82, 2.24) is 30.1 Å². The Morgan fingerprint density at radius 1 is 1.29 bits per heavy atom. The van der Waals surface area contributed by atoms with Gasteiger partial charge < -0.3 is 4.74 Å². The number of methoxy groups -OCH3 is 1. The maximum absolute atomic E-state index is 5.39. The molecule has 0 radical (unpaired) electrons. The molecular weight excluding hydrogens is 383 g/mol. The first kappa shape index (κ1) is 12.9. The fraction of sp³-hybridized carbons (Fsp3) is 0.308. The number of hydrogen-bond acceptors (Lipinski definition) is 6. The van der Waals surface area contributed by atoms with Gasteiger partial charge in [-0.1, -0.05) is 0 Å². The van der Waals surface area contributed by atoms with Crippen LogP contribution >= 0.6 is 22.6 Å². The molecule has 8 heteroatoms. The van der Waals surface area contributed by atoms with Crippen LogP contribution < -0.4 is 4.74 Å². The molecule has 0 unspecified atom stereocenters. The van der Waals surface area contributed by atoms with Crippen LogP contribution in [0.5, 0.6) is 5.88 Å². The average Bonchev–Trinajstić information content (AvgIpc) is 3.31. The summed E-state index contributed by atoms with van der Waals surface area (Å²) in [4.78, 5) is 17.6. The molecule has 0 aromatic carbocycles. The van der Waals surface area contributed by atoms with Crippen LogP contribution in [0.3, 0.4) is 0 Å². The van der Waals surface area contributed by atoms with Crippen molar-refractivity contribution < 1.29 is 4.74 Å². The van der Waals surface area contributed by atoms with E-state index in [0.29, 0.717) is 17.6 Å². The molecular formula is C13H11IN6O. The summed E-state index contributed by atoms with van der Waals surface area (Å²) in [5, 5.41) is 7.05. The van der Waals surface area contributed by atoms with E-state index in [0.717, 1.165) is 38.8 Å². The van der Waals surface area contributed by atoms with Gasteiger partial charge in [-0.25, -0.2) is 19.9 Å². The number of nitrogens with zero attached hydrogens (tertiary/aromatic N) is 5. The Balaban J connectivity index is 1.96. The number of aromatic nitrogens is 6. The van der Waals surface area contributed by atoms with E-state index in [4.69, 9.17) is 4.74 Å². The number of aromatic amines is 1. The van der Waals surface area contributed by atoms with Gasteiger partial charge in [0.05, 0.1) is 19.0 Å². The van der Waals surface area contributed by atoms with Crippen LogP contribution in [-0.2, 0) is 0 Å². The quantitative estimate of drug-likeness (QED) is 0.686. The second-order valence-corrected chi connectivity index (χ2v) is 5.96. The zero-order valence-electron chi connectivity index (χ0n) is 11.2. The predicted octanol–water partition coefficient (Wildman–Crippen LogP) is 2.30. The molecule has 1 N–H and O–H groups in total. The zero-order chi connectivity index (χ0) is 14.4. The molecule has 4 rings (SSSR count). The molecule has 1 saturated carbocycles. The second kappa shape index (κ2) is 4.86. The predicted molar refractivity (Wildman–Crippen MR) is 84.0 cm³/mol. The van der Waals surface area contributed by atoms with Gasteiger partial charge in [-0.05, 0) is 35.4 Å². The van der Waals surface area contributed by atoms with Gasteiger partial charge in [0.1, 0.15) is 26.6 Å². The molecule has 0 saturated heterocycles. The highest BCUT2D eigenvalue weighted by molar-refractivity contribution is 14.1. The number of fused-ring (bicyclic) bond motifs is 1. The summed E-state index contributed by atoms with van der Waals surface area (Å²) < 4.78 is 6.27. The molecule has 1 aliphatic rings. The third-order valence-corrected chi connectivity index (χ3v) is 4.23. The Labute approximate surface area is 133 Å². The highest BCUT2D eigenvalue weighted by Gasteiger charge is 2.31. The smallest absolute Gasteiger partial charge is 0.227 e. The molecule has 7 nitrogen and oxygen atoms in total. The van der Waals surface area contributed by atoms with Crippen LogP contribution in [0.1, 0.15) is 24.5 Å².